The zero-order chi connectivity index (χ0) is 18.4. The van der Waals surface area contributed by atoms with Crippen LogP contribution in [0.15, 0.2) is 35.5 Å². The standard InChI is InChI=1S/C23H31NO3/c25-22(26)9-21-18-6-15-7-19(21)12-23(10-15,11-18)14-24-4-5-27-13-17-3-1-2-16-8-20(16)17/h1-3,8,15-16,18-19,21,24H,4-7,9-14H2,(H,25,26). The number of allylic oxidation sites excluding steroid dienone is 4. The van der Waals surface area contributed by atoms with Gasteiger partial charge in [0.05, 0.1) is 13.2 Å². The van der Waals surface area contributed by atoms with Crippen LogP contribution in [0.1, 0.15) is 38.5 Å². The van der Waals surface area contributed by atoms with E-state index in [2.05, 4.69) is 29.6 Å². The van der Waals surface area contributed by atoms with Crippen molar-refractivity contribution in [3.63, 3.8) is 0 Å². The van der Waals surface area contributed by atoms with E-state index in [0.717, 1.165) is 32.2 Å². The fourth-order valence-corrected chi connectivity index (χ4v) is 6.87. The number of carbonyl (C=O) groups is 1. The Bertz CT molecular complexity index is 690. The van der Waals surface area contributed by atoms with Gasteiger partial charge < -0.3 is 15.2 Å². The second-order valence-corrected chi connectivity index (χ2v) is 9.69. The molecule has 4 fully saturated rings. The van der Waals surface area contributed by atoms with Crippen molar-refractivity contribution in [2.45, 2.75) is 38.5 Å². The van der Waals surface area contributed by atoms with Crippen molar-refractivity contribution in [1.29, 1.82) is 0 Å². The SMILES string of the molecule is O=C(O)CC1C2CC3CC1CC(CNCCOCC1=CC=CC4C=C14)(C3)C2. The molecular weight excluding hydrogens is 338 g/mol. The predicted octanol–water partition coefficient (Wildman–Crippen LogP) is 3.56. The molecule has 0 amide bonds. The molecule has 27 heavy (non-hydrogen) atoms. The van der Waals surface area contributed by atoms with E-state index in [1.807, 2.05) is 0 Å². The molecule has 3 atom stereocenters. The Kier molecular flexibility index (Phi) is 4.52. The third kappa shape index (κ3) is 3.54. The number of carboxylic acid groups (broad SMARTS) is 1. The minimum atomic E-state index is -0.603. The summed E-state index contributed by atoms with van der Waals surface area (Å²) in [5.41, 5.74) is 3.22. The molecule has 0 spiro atoms. The lowest BCUT2D eigenvalue weighted by Crippen LogP contribution is -2.54. The molecule has 0 heterocycles. The monoisotopic (exact) mass is 369 g/mol. The lowest BCUT2D eigenvalue weighted by Gasteiger charge is -2.60. The highest BCUT2D eigenvalue weighted by Gasteiger charge is 2.55. The summed E-state index contributed by atoms with van der Waals surface area (Å²) in [4.78, 5) is 11.2. The van der Waals surface area contributed by atoms with Crippen LogP contribution < -0.4 is 5.32 Å². The van der Waals surface area contributed by atoms with Crippen LogP contribution in [0.2, 0.25) is 0 Å². The molecular formula is C23H31NO3. The Balaban J connectivity index is 1.06. The number of fused-ring (bicyclic) bond motifs is 1. The van der Waals surface area contributed by atoms with Gasteiger partial charge in [-0.05, 0) is 72.3 Å². The maximum absolute atomic E-state index is 11.2. The number of ether oxygens (including phenoxy) is 1. The van der Waals surface area contributed by atoms with Crippen molar-refractivity contribution in [2.75, 3.05) is 26.3 Å². The molecule has 4 saturated carbocycles. The average Bonchev–Trinajstić information content (AvgIpc) is 3.41. The van der Waals surface area contributed by atoms with Crippen LogP contribution >= 0.6 is 0 Å². The lowest BCUT2D eigenvalue weighted by molar-refractivity contribution is -0.146. The Morgan fingerprint density at radius 1 is 1.26 bits per heavy atom. The van der Waals surface area contributed by atoms with Gasteiger partial charge >= 0.3 is 5.97 Å². The molecule has 6 aliphatic rings. The number of hydrogen-bond donors (Lipinski definition) is 2. The van der Waals surface area contributed by atoms with Gasteiger partial charge in [0.25, 0.3) is 0 Å². The minimum Gasteiger partial charge on any atom is -0.481 e. The molecule has 0 aromatic rings. The normalized spacial score (nSPS) is 40.5. The molecule has 4 nitrogen and oxygen atoms in total. The highest BCUT2D eigenvalue weighted by atomic mass is 16.5. The van der Waals surface area contributed by atoms with Gasteiger partial charge in [-0.2, -0.15) is 0 Å². The van der Waals surface area contributed by atoms with Crippen LogP contribution in [0.4, 0.5) is 0 Å². The van der Waals surface area contributed by atoms with Crippen LogP contribution in [0.25, 0.3) is 0 Å². The first-order valence-corrected chi connectivity index (χ1v) is 10.7. The van der Waals surface area contributed by atoms with Crippen LogP contribution in [0.3, 0.4) is 0 Å². The zero-order valence-corrected chi connectivity index (χ0v) is 16.0. The fourth-order valence-electron chi connectivity index (χ4n) is 6.87. The molecule has 0 radical (unpaired) electrons. The van der Waals surface area contributed by atoms with E-state index in [-0.39, 0.29) is 0 Å². The Morgan fingerprint density at radius 3 is 2.85 bits per heavy atom. The molecule has 0 aliphatic heterocycles. The van der Waals surface area contributed by atoms with Gasteiger partial charge in [0, 0.05) is 25.4 Å². The molecule has 4 heteroatoms. The number of nitrogens with one attached hydrogen (secondary N) is 1. The van der Waals surface area contributed by atoms with Gasteiger partial charge in [-0.1, -0.05) is 24.3 Å². The van der Waals surface area contributed by atoms with Gasteiger partial charge in [0.15, 0.2) is 0 Å². The van der Waals surface area contributed by atoms with Gasteiger partial charge in [-0.25, -0.2) is 0 Å². The summed E-state index contributed by atoms with van der Waals surface area (Å²) in [5.74, 6) is 2.57. The lowest BCUT2D eigenvalue weighted by atomic mass is 9.45. The third-order valence-electron chi connectivity index (χ3n) is 7.78. The van der Waals surface area contributed by atoms with Gasteiger partial charge in [-0.15, -0.1) is 0 Å². The summed E-state index contributed by atoms with van der Waals surface area (Å²) in [7, 11) is 0. The Labute approximate surface area is 161 Å². The highest BCUT2D eigenvalue weighted by Crippen LogP contribution is 2.62. The highest BCUT2D eigenvalue weighted by molar-refractivity contribution is 5.67. The molecule has 6 rings (SSSR count). The fraction of sp³-hybridized carbons (Fsp3) is 0.696. The van der Waals surface area contributed by atoms with Crippen molar-refractivity contribution in [3.05, 3.63) is 35.5 Å². The maximum atomic E-state index is 11.2. The summed E-state index contributed by atoms with van der Waals surface area (Å²) < 4.78 is 5.88. The first-order chi connectivity index (χ1) is 13.1. The Hall–Kier alpha value is -1.39. The summed E-state index contributed by atoms with van der Waals surface area (Å²) in [6.07, 6.45) is 15.6. The third-order valence-corrected chi connectivity index (χ3v) is 7.78. The van der Waals surface area contributed by atoms with Gasteiger partial charge in [-0.3, -0.25) is 4.79 Å². The first-order valence-electron chi connectivity index (χ1n) is 10.7. The van der Waals surface area contributed by atoms with E-state index in [4.69, 9.17) is 4.74 Å². The van der Waals surface area contributed by atoms with Crippen molar-refractivity contribution in [3.8, 4) is 0 Å². The molecule has 0 aromatic heterocycles. The number of carboxylic acids is 1. The molecule has 0 aromatic carbocycles. The minimum absolute atomic E-state index is 0.391. The summed E-state index contributed by atoms with van der Waals surface area (Å²) in [6.45, 7) is 3.47. The molecule has 6 aliphatic carbocycles. The average molecular weight is 370 g/mol. The summed E-state index contributed by atoms with van der Waals surface area (Å²) in [6, 6.07) is 0. The first kappa shape index (κ1) is 17.7. The summed E-state index contributed by atoms with van der Waals surface area (Å²) in [5, 5.41) is 12.9. The van der Waals surface area contributed by atoms with Crippen molar-refractivity contribution in [2.24, 2.45) is 35.0 Å². The summed E-state index contributed by atoms with van der Waals surface area (Å²) >= 11 is 0. The van der Waals surface area contributed by atoms with E-state index in [1.165, 1.54) is 43.3 Å². The molecule has 3 unspecified atom stereocenters. The van der Waals surface area contributed by atoms with Crippen molar-refractivity contribution in [1.82, 2.24) is 5.32 Å². The smallest absolute Gasteiger partial charge is 0.303 e. The van der Waals surface area contributed by atoms with E-state index >= 15 is 0 Å². The molecule has 4 bridgehead atoms. The maximum Gasteiger partial charge on any atom is 0.303 e. The van der Waals surface area contributed by atoms with Crippen LogP contribution in [-0.4, -0.2) is 37.4 Å². The second-order valence-electron chi connectivity index (χ2n) is 9.69. The van der Waals surface area contributed by atoms with Crippen LogP contribution in [0.5, 0.6) is 0 Å². The zero-order valence-electron chi connectivity index (χ0n) is 16.0. The van der Waals surface area contributed by atoms with Crippen molar-refractivity contribution >= 4 is 5.97 Å². The number of aliphatic carboxylic acids is 1. The topological polar surface area (TPSA) is 58.6 Å². The quantitative estimate of drug-likeness (QED) is 0.610. The van der Waals surface area contributed by atoms with Crippen LogP contribution in [-0.2, 0) is 9.53 Å². The predicted molar refractivity (Wildman–Crippen MR) is 104 cm³/mol. The molecule has 2 N–H and O–H groups in total. The van der Waals surface area contributed by atoms with E-state index < -0.39 is 5.97 Å². The molecule has 146 valence electrons. The Morgan fingerprint density at radius 2 is 2.07 bits per heavy atom. The molecule has 0 saturated heterocycles. The van der Waals surface area contributed by atoms with Gasteiger partial charge in [0.1, 0.15) is 0 Å². The number of rotatable bonds is 9. The van der Waals surface area contributed by atoms with E-state index in [0.29, 0.717) is 35.5 Å². The van der Waals surface area contributed by atoms with E-state index in [9.17, 15) is 9.90 Å². The van der Waals surface area contributed by atoms with Crippen LogP contribution in [0, 0.1) is 35.0 Å². The van der Waals surface area contributed by atoms with Crippen molar-refractivity contribution < 1.29 is 14.6 Å². The van der Waals surface area contributed by atoms with E-state index in [1.54, 1.807) is 0 Å². The second kappa shape index (κ2) is 6.89. The largest absolute Gasteiger partial charge is 0.481 e. The number of hydrogen-bond acceptors (Lipinski definition) is 3. The van der Waals surface area contributed by atoms with Gasteiger partial charge in [0.2, 0.25) is 0 Å².